The maximum atomic E-state index is 12.4. The number of sulfonamides is 1. The summed E-state index contributed by atoms with van der Waals surface area (Å²) in [4.78, 5) is 2.90. The van der Waals surface area contributed by atoms with Gasteiger partial charge in [0.15, 0.2) is 0 Å². The van der Waals surface area contributed by atoms with Crippen molar-refractivity contribution in [1.82, 2.24) is 15.0 Å². The molecule has 1 fully saturated rings. The first kappa shape index (κ1) is 16.2. The minimum absolute atomic E-state index is 0.156. The molecule has 0 amide bonds. The van der Waals surface area contributed by atoms with E-state index in [2.05, 4.69) is 15.0 Å². The molecule has 1 aliphatic rings. The Bertz CT molecular complexity index is 587. The molecule has 21 heavy (non-hydrogen) atoms. The lowest BCUT2D eigenvalue weighted by atomic mass is 9.96. The molecule has 0 aromatic carbocycles. The predicted molar refractivity (Wildman–Crippen MR) is 70.0 cm³/mol. The highest BCUT2D eigenvalue weighted by atomic mass is 32.2. The molecular weight excluding hydrogens is 307 g/mol. The number of alkyl halides is 3. The molecule has 1 aromatic heterocycles. The highest BCUT2D eigenvalue weighted by molar-refractivity contribution is 7.89. The van der Waals surface area contributed by atoms with Gasteiger partial charge in [0.25, 0.3) is 0 Å². The van der Waals surface area contributed by atoms with Crippen LogP contribution in [0.5, 0.6) is 0 Å². The number of hydrogen-bond donors (Lipinski definition) is 2. The van der Waals surface area contributed by atoms with Crippen LogP contribution in [0, 0.1) is 5.92 Å². The minimum atomic E-state index is -4.59. The van der Waals surface area contributed by atoms with Gasteiger partial charge in [-0.25, -0.2) is 13.1 Å². The molecule has 5 nitrogen and oxygen atoms in total. The molecule has 2 N–H and O–H groups in total. The highest BCUT2D eigenvalue weighted by Gasteiger charge is 2.33. The number of rotatable bonds is 3. The average molecular weight is 323 g/mol. The maximum Gasteiger partial charge on any atom is 0.433 e. The highest BCUT2D eigenvalue weighted by Crippen LogP contribution is 2.27. The van der Waals surface area contributed by atoms with Crippen molar-refractivity contribution in [2.45, 2.75) is 30.5 Å². The van der Waals surface area contributed by atoms with Crippen LogP contribution in [0.3, 0.4) is 0 Å². The largest absolute Gasteiger partial charge is 0.433 e. The predicted octanol–water partition coefficient (Wildman–Crippen LogP) is 1.38. The summed E-state index contributed by atoms with van der Waals surface area (Å²) in [7, 11) is -3.87. The van der Waals surface area contributed by atoms with Crippen LogP contribution in [0.1, 0.15) is 19.0 Å². The van der Waals surface area contributed by atoms with Crippen LogP contribution in [0.4, 0.5) is 13.2 Å². The Labute approximate surface area is 121 Å². The molecule has 1 aliphatic heterocycles. The minimum Gasteiger partial charge on any atom is -0.315 e. The molecule has 2 atom stereocenters. The van der Waals surface area contributed by atoms with Gasteiger partial charge in [-0.15, -0.1) is 0 Å². The van der Waals surface area contributed by atoms with Crippen molar-refractivity contribution < 1.29 is 21.6 Å². The van der Waals surface area contributed by atoms with Crippen molar-refractivity contribution in [2.75, 3.05) is 13.1 Å². The van der Waals surface area contributed by atoms with E-state index < -0.39 is 21.9 Å². The summed E-state index contributed by atoms with van der Waals surface area (Å²) in [6.07, 6.45) is -3.03. The van der Waals surface area contributed by atoms with Crippen molar-refractivity contribution >= 4 is 10.0 Å². The Kier molecular flexibility index (Phi) is 4.54. The van der Waals surface area contributed by atoms with E-state index in [0.29, 0.717) is 12.6 Å². The van der Waals surface area contributed by atoms with Crippen LogP contribution in [-0.4, -0.2) is 32.5 Å². The van der Waals surface area contributed by atoms with E-state index in [1.165, 1.54) is 0 Å². The summed E-state index contributed by atoms with van der Waals surface area (Å²) < 4.78 is 64.0. The van der Waals surface area contributed by atoms with Gasteiger partial charge in [-0.1, -0.05) is 6.92 Å². The molecule has 9 heteroatoms. The van der Waals surface area contributed by atoms with E-state index >= 15 is 0 Å². The van der Waals surface area contributed by atoms with Crippen molar-refractivity contribution in [3.63, 3.8) is 0 Å². The Hall–Kier alpha value is -1.19. The summed E-state index contributed by atoms with van der Waals surface area (Å²) in [6.45, 7) is 3.24. The fourth-order valence-corrected chi connectivity index (χ4v) is 3.41. The lowest BCUT2D eigenvalue weighted by molar-refractivity contribution is -0.141. The van der Waals surface area contributed by atoms with Crippen LogP contribution in [0.25, 0.3) is 0 Å². The monoisotopic (exact) mass is 323 g/mol. The summed E-state index contributed by atoms with van der Waals surface area (Å²) in [5.41, 5.74) is -1.12. The average Bonchev–Trinajstić information content (AvgIpc) is 2.40. The molecule has 0 bridgehead atoms. The Morgan fingerprint density at radius 3 is 2.62 bits per heavy atom. The summed E-state index contributed by atoms with van der Waals surface area (Å²) >= 11 is 0. The molecule has 0 radical (unpaired) electrons. The maximum absolute atomic E-state index is 12.4. The third kappa shape index (κ3) is 3.92. The molecule has 1 aromatic rings. The zero-order valence-electron chi connectivity index (χ0n) is 11.3. The Morgan fingerprint density at radius 1 is 1.38 bits per heavy atom. The van der Waals surface area contributed by atoms with E-state index in [4.69, 9.17) is 0 Å². The summed E-state index contributed by atoms with van der Waals surface area (Å²) in [6, 6.07) is 1.29. The van der Waals surface area contributed by atoms with Gasteiger partial charge in [0.1, 0.15) is 10.6 Å². The van der Waals surface area contributed by atoms with Gasteiger partial charge in [-0.3, -0.25) is 4.98 Å². The van der Waals surface area contributed by atoms with Gasteiger partial charge in [-0.2, -0.15) is 13.2 Å². The first-order valence-corrected chi connectivity index (χ1v) is 7.95. The van der Waals surface area contributed by atoms with Crippen LogP contribution in [0.15, 0.2) is 23.2 Å². The number of aromatic nitrogens is 1. The topological polar surface area (TPSA) is 71.1 Å². The molecule has 2 unspecified atom stereocenters. The standard InChI is InChI=1S/C12H16F3N3O2S/c1-8-4-5-16-7-10(8)18-21(19,20)9-2-3-11(17-6-9)12(13,14)15/h2-3,6,8,10,16,18H,4-5,7H2,1H3. The fourth-order valence-electron chi connectivity index (χ4n) is 2.12. The van der Waals surface area contributed by atoms with Crippen LogP contribution < -0.4 is 10.0 Å². The number of nitrogens with zero attached hydrogens (tertiary/aromatic N) is 1. The van der Waals surface area contributed by atoms with Gasteiger partial charge in [-0.05, 0) is 31.0 Å². The van der Waals surface area contributed by atoms with E-state index in [9.17, 15) is 21.6 Å². The third-order valence-corrected chi connectivity index (χ3v) is 4.95. The smallest absolute Gasteiger partial charge is 0.315 e. The number of hydrogen-bond acceptors (Lipinski definition) is 4. The molecule has 0 saturated carbocycles. The zero-order valence-corrected chi connectivity index (χ0v) is 12.1. The number of piperidine rings is 1. The summed E-state index contributed by atoms with van der Waals surface area (Å²) in [5.74, 6) is 0.156. The van der Waals surface area contributed by atoms with E-state index in [-0.39, 0.29) is 16.9 Å². The first-order chi connectivity index (χ1) is 9.70. The van der Waals surface area contributed by atoms with Crippen molar-refractivity contribution in [2.24, 2.45) is 5.92 Å². The molecule has 0 spiro atoms. The quantitative estimate of drug-likeness (QED) is 0.881. The molecular formula is C12H16F3N3O2S. The third-order valence-electron chi connectivity index (χ3n) is 3.47. The van der Waals surface area contributed by atoms with Crippen LogP contribution >= 0.6 is 0 Å². The molecule has 2 heterocycles. The van der Waals surface area contributed by atoms with E-state index in [1.807, 2.05) is 6.92 Å². The molecule has 118 valence electrons. The fraction of sp³-hybridized carbons (Fsp3) is 0.583. The van der Waals surface area contributed by atoms with Gasteiger partial charge >= 0.3 is 6.18 Å². The first-order valence-electron chi connectivity index (χ1n) is 6.46. The van der Waals surface area contributed by atoms with E-state index in [0.717, 1.165) is 25.2 Å². The number of pyridine rings is 1. The van der Waals surface area contributed by atoms with Crippen molar-refractivity contribution in [1.29, 1.82) is 0 Å². The van der Waals surface area contributed by atoms with Crippen LogP contribution in [-0.2, 0) is 16.2 Å². The van der Waals surface area contributed by atoms with Crippen molar-refractivity contribution in [3.05, 3.63) is 24.0 Å². The van der Waals surface area contributed by atoms with Gasteiger partial charge in [0, 0.05) is 18.8 Å². The van der Waals surface area contributed by atoms with E-state index in [1.54, 1.807) is 0 Å². The number of halogens is 3. The lowest BCUT2D eigenvalue weighted by Crippen LogP contribution is -2.50. The Balaban J connectivity index is 2.16. The second kappa shape index (κ2) is 5.90. The second-order valence-electron chi connectivity index (χ2n) is 5.07. The summed E-state index contributed by atoms with van der Waals surface area (Å²) in [5, 5.41) is 3.08. The second-order valence-corrected chi connectivity index (χ2v) is 6.79. The molecule has 2 rings (SSSR count). The number of nitrogens with one attached hydrogen (secondary N) is 2. The molecule has 0 aliphatic carbocycles. The zero-order chi connectivity index (χ0) is 15.7. The van der Waals surface area contributed by atoms with Gasteiger partial charge in [0.05, 0.1) is 0 Å². The lowest BCUT2D eigenvalue weighted by Gasteiger charge is -2.29. The van der Waals surface area contributed by atoms with Gasteiger partial charge in [0.2, 0.25) is 10.0 Å². The van der Waals surface area contributed by atoms with Gasteiger partial charge < -0.3 is 5.32 Å². The normalized spacial score (nSPS) is 24.0. The SMILES string of the molecule is CC1CCNCC1NS(=O)(=O)c1ccc(C(F)(F)F)nc1. The Morgan fingerprint density at radius 2 is 2.10 bits per heavy atom. The van der Waals surface area contributed by atoms with Crippen LogP contribution in [0.2, 0.25) is 0 Å². The molecule has 1 saturated heterocycles. The van der Waals surface area contributed by atoms with Crippen molar-refractivity contribution in [3.8, 4) is 0 Å².